The van der Waals surface area contributed by atoms with Crippen LogP contribution in [-0.4, -0.2) is 47.3 Å². The van der Waals surface area contributed by atoms with Gasteiger partial charge < -0.3 is 19.1 Å². The summed E-state index contributed by atoms with van der Waals surface area (Å²) in [5.41, 5.74) is 0.679. The molecule has 1 atom stereocenters. The molecule has 2 heterocycles. The second kappa shape index (κ2) is 8.47. The maximum atomic E-state index is 12.9. The number of rotatable bonds is 4. The zero-order valence-electron chi connectivity index (χ0n) is 18.3. The Morgan fingerprint density at radius 2 is 1.83 bits per heavy atom. The van der Waals surface area contributed by atoms with Gasteiger partial charge in [-0.3, -0.25) is 4.79 Å². The van der Waals surface area contributed by atoms with Crippen molar-refractivity contribution in [1.29, 1.82) is 0 Å². The Kier molecular flexibility index (Phi) is 6.20. The summed E-state index contributed by atoms with van der Waals surface area (Å²) in [4.78, 5) is 29.1. The molecule has 1 saturated heterocycles. The van der Waals surface area contributed by atoms with Gasteiger partial charge in [-0.15, -0.1) is 0 Å². The van der Waals surface area contributed by atoms with E-state index in [2.05, 4.69) is 24.8 Å². The highest BCUT2D eigenvalue weighted by Gasteiger charge is 2.26. The van der Waals surface area contributed by atoms with Gasteiger partial charge in [0.15, 0.2) is 0 Å². The van der Waals surface area contributed by atoms with E-state index >= 15 is 0 Å². The van der Waals surface area contributed by atoms with Gasteiger partial charge in [0.25, 0.3) is 5.56 Å². The van der Waals surface area contributed by atoms with Crippen LogP contribution in [-0.2, 0) is 4.74 Å². The molecule has 0 N–H and O–H groups in total. The number of carbonyl (C=O) groups is 1. The second-order valence-corrected chi connectivity index (χ2v) is 8.89. The lowest BCUT2D eigenvalue weighted by atomic mass is 10.1. The Morgan fingerprint density at radius 3 is 2.45 bits per heavy atom. The molecule has 1 aliphatic rings. The predicted molar refractivity (Wildman–Crippen MR) is 118 cm³/mol. The van der Waals surface area contributed by atoms with Gasteiger partial charge in [-0.25, -0.2) is 4.79 Å². The van der Waals surface area contributed by atoms with E-state index in [1.165, 1.54) is 0 Å². The topological polar surface area (TPSA) is 54.8 Å². The van der Waals surface area contributed by atoms with Crippen LogP contribution >= 0.6 is 0 Å². The van der Waals surface area contributed by atoms with Crippen molar-refractivity contribution in [3.63, 3.8) is 0 Å². The van der Waals surface area contributed by atoms with Gasteiger partial charge in [0.2, 0.25) is 0 Å². The highest BCUT2D eigenvalue weighted by molar-refractivity contribution is 5.85. The molecule has 6 heteroatoms. The smallest absolute Gasteiger partial charge is 0.410 e. The van der Waals surface area contributed by atoms with Crippen LogP contribution in [0, 0.1) is 0 Å². The van der Waals surface area contributed by atoms with Gasteiger partial charge in [-0.05, 0) is 63.8 Å². The van der Waals surface area contributed by atoms with Crippen LogP contribution < -0.4 is 10.5 Å². The van der Waals surface area contributed by atoms with Crippen molar-refractivity contribution in [2.75, 3.05) is 31.1 Å². The minimum absolute atomic E-state index is 0.0738. The lowest BCUT2D eigenvalue weighted by Crippen LogP contribution is -2.50. The van der Waals surface area contributed by atoms with E-state index < -0.39 is 5.60 Å². The Labute approximate surface area is 173 Å². The van der Waals surface area contributed by atoms with Crippen LogP contribution in [0.25, 0.3) is 10.8 Å². The summed E-state index contributed by atoms with van der Waals surface area (Å²) in [6.07, 6.45) is 3.71. The number of nitrogens with zero attached hydrogens (tertiary/aromatic N) is 3. The summed E-state index contributed by atoms with van der Waals surface area (Å²) >= 11 is 0. The van der Waals surface area contributed by atoms with Crippen LogP contribution in [0.1, 0.15) is 53.5 Å². The van der Waals surface area contributed by atoms with E-state index in [0.717, 1.165) is 42.4 Å². The van der Waals surface area contributed by atoms with Crippen LogP contribution in [0.5, 0.6) is 0 Å². The van der Waals surface area contributed by atoms with Crippen molar-refractivity contribution in [2.45, 2.75) is 59.1 Å². The Hall–Kier alpha value is -2.50. The summed E-state index contributed by atoms with van der Waals surface area (Å²) in [7, 11) is 0. The Bertz CT molecular complexity index is 921. The fourth-order valence-corrected chi connectivity index (χ4v) is 3.82. The third-order valence-corrected chi connectivity index (χ3v) is 5.39. The molecule has 0 spiro atoms. The van der Waals surface area contributed by atoms with E-state index in [0.29, 0.717) is 13.1 Å². The average Bonchev–Trinajstić information content (AvgIpc) is 2.67. The lowest BCUT2D eigenvalue weighted by molar-refractivity contribution is 0.0240. The first-order chi connectivity index (χ1) is 13.7. The second-order valence-electron chi connectivity index (χ2n) is 8.89. The van der Waals surface area contributed by atoms with Crippen molar-refractivity contribution in [1.82, 2.24) is 9.47 Å². The van der Waals surface area contributed by atoms with Gasteiger partial charge in [-0.2, -0.15) is 0 Å². The average molecular weight is 400 g/mol. The molecule has 1 aliphatic heterocycles. The molecule has 3 rings (SSSR count). The zero-order valence-corrected chi connectivity index (χ0v) is 18.3. The molecule has 1 aromatic heterocycles. The number of amides is 1. The zero-order chi connectivity index (χ0) is 21.2. The highest BCUT2D eigenvalue weighted by atomic mass is 16.6. The number of pyridine rings is 1. The quantitative estimate of drug-likeness (QED) is 0.764. The molecule has 0 radical (unpaired) electrons. The third-order valence-electron chi connectivity index (χ3n) is 5.39. The first kappa shape index (κ1) is 21.2. The normalized spacial score (nSPS) is 16.2. The van der Waals surface area contributed by atoms with Crippen molar-refractivity contribution >= 4 is 22.6 Å². The molecule has 1 aromatic carbocycles. The Morgan fingerprint density at radius 1 is 1.14 bits per heavy atom. The minimum Gasteiger partial charge on any atom is -0.444 e. The van der Waals surface area contributed by atoms with Crippen LogP contribution in [0.3, 0.4) is 0 Å². The standard InChI is InChI=1S/C23H33N3O3/c1-6-7-17(2)26-11-10-18-16-19(8-9-20(18)21(26)27)24-12-14-25(15-13-24)22(28)29-23(3,4)5/h8-11,16-17H,6-7,12-15H2,1-5H3. The Balaban J connectivity index is 1.73. The SMILES string of the molecule is CCCC(C)n1ccc2cc(N3CCN(C(=O)OC(C)(C)C)CC3)ccc2c1=O. The van der Waals surface area contributed by atoms with Gasteiger partial charge in [0.05, 0.1) is 0 Å². The number of benzene rings is 1. The van der Waals surface area contributed by atoms with E-state index in [-0.39, 0.29) is 17.7 Å². The fourth-order valence-electron chi connectivity index (χ4n) is 3.82. The first-order valence-corrected chi connectivity index (χ1v) is 10.6. The number of aromatic nitrogens is 1. The number of anilines is 1. The maximum Gasteiger partial charge on any atom is 0.410 e. The summed E-state index contributed by atoms with van der Waals surface area (Å²) in [6.45, 7) is 12.6. The number of hydrogen-bond donors (Lipinski definition) is 0. The van der Waals surface area contributed by atoms with Gasteiger partial charge in [0.1, 0.15) is 5.60 Å². The van der Waals surface area contributed by atoms with Crippen molar-refractivity contribution in [3.8, 4) is 0 Å². The molecule has 0 saturated carbocycles. The maximum absolute atomic E-state index is 12.9. The first-order valence-electron chi connectivity index (χ1n) is 10.6. The lowest BCUT2D eigenvalue weighted by Gasteiger charge is -2.36. The van der Waals surface area contributed by atoms with Crippen LogP contribution in [0.4, 0.5) is 10.5 Å². The van der Waals surface area contributed by atoms with Gasteiger partial charge in [0, 0.05) is 49.5 Å². The van der Waals surface area contributed by atoms with Gasteiger partial charge >= 0.3 is 6.09 Å². The van der Waals surface area contributed by atoms with E-state index in [1.807, 2.05) is 49.7 Å². The molecule has 2 aromatic rings. The van der Waals surface area contributed by atoms with Crippen LogP contribution in [0.2, 0.25) is 0 Å². The third kappa shape index (κ3) is 4.92. The van der Waals surface area contributed by atoms with E-state index in [4.69, 9.17) is 4.74 Å². The largest absolute Gasteiger partial charge is 0.444 e. The molecule has 1 amide bonds. The van der Waals surface area contributed by atoms with E-state index in [1.54, 1.807) is 4.90 Å². The molecule has 1 unspecified atom stereocenters. The van der Waals surface area contributed by atoms with E-state index in [9.17, 15) is 9.59 Å². The molecule has 29 heavy (non-hydrogen) atoms. The number of piperazine rings is 1. The summed E-state index contributed by atoms with van der Waals surface area (Å²) in [5, 5.41) is 1.72. The highest BCUT2D eigenvalue weighted by Crippen LogP contribution is 2.23. The summed E-state index contributed by atoms with van der Waals surface area (Å²) < 4.78 is 7.31. The number of fused-ring (bicyclic) bond motifs is 1. The molecular weight excluding hydrogens is 366 g/mol. The molecule has 1 fully saturated rings. The fraction of sp³-hybridized carbons (Fsp3) is 0.565. The minimum atomic E-state index is -0.478. The number of hydrogen-bond acceptors (Lipinski definition) is 4. The van der Waals surface area contributed by atoms with Crippen molar-refractivity contribution < 1.29 is 9.53 Å². The van der Waals surface area contributed by atoms with Crippen LogP contribution in [0.15, 0.2) is 35.3 Å². The van der Waals surface area contributed by atoms with Gasteiger partial charge in [-0.1, -0.05) is 13.3 Å². The number of carbonyl (C=O) groups excluding carboxylic acids is 1. The monoisotopic (exact) mass is 399 g/mol. The molecular formula is C23H33N3O3. The van der Waals surface area contributed by atoms with Crippen molar-refractivity contribution in [3.05, 3.63) is 40.8 Å². The predicted octanol–water partition coefficient (Wildman–Crippen LogP) is 4.42. The molecule has 158 valence electrons. The summed E-state index contributed by atoms with van der Waals surface area (Å²) in [6, 6.07) is 8.26. The summed E-state index contributed by atoms with van der Waals surface area (Å²) in [5.74, 6) is 0. The molecule has 0 bridgehead atoms. The number of ether oxygens (including phenoxy) is 1. The van der Waals surface area contributed by atoms with Crippen molar-refractivity contribution in [2.24, 2.45) is 0 Å². The molecule has 0 aliphatic carbocycles. The molecule has 6 nitrogen and oxygen atoms in total.